The van der Waals surface area contributed by atoms with E-state index in [-0.39, 0.29) is 5.91 Å². The number of aromatic amines is 1. The number of nitrogens with one attached hydrogen (secondary N) is 1. The minimum Gasteiger partial charge on any atom is -0.457 e. The third kappa shape index (κ3) is 4.29. The Morgan fingerprint density at radius 3 is 2.52 bits per heavy atom. The van der Waals surface area contributed by atoms with Gasteiger partial charge in [-0.2, -0.15) is 0 Å². The summed E-state index contributed by atoms with van der Waals surface area (Å²) < 4.78 is 11.2. The molecule has 6 heteroatoms. The van der Waals surface area contributed by atoms with E-state index >= 15 is 0 Å². The van der Waals surface area contributed by atoms with Crippen LogP contribution in [0, 0.1) is 0 Å². The van der Waals surface area contributed by atoms with Crippen LogP contribution in [0.3, 0.4) is 0 Å². The van der Waals surface area contributed by atoms with Crippen molar-refractivity contribution in [3.8, 4) is 22.6 Å². The molecule has 31 heavy (non-hydrogen) atoms. The molecular weight excluding hydrogens is 390 g/mol. The lowest BCUT2D eigenvalue weighted by Crippen LogP contribution is -2.41. The van der Waals surface area contributed by atoms with Gasteiger partial charge in [-0.3, -0.25) is 4.79 Å². The number of benzene rings is 2. The molecule has 1 N–H and O–H groups in total. The van der Waals surface area contributed by atoms with E-state index in [9.17, 15) is 4.79 Å². The Morgan fingerprint density at radius 1 is 1.00 bits per heavy atom. The van der Waals surface area contributed by atoms with Gasteiger partial charge >= 0.3 is 0 Å². The quantitative estimate of drug-likeness (QED) is 0.526. The molecule has 2 aromatic heterocycles. The molecule has 3 heterocycles. The first kappa shape index (κ1) is 19.3. The van der Waals surface area contributed by atoms with E-state index in [1.165, 1.54) is 0 Å². The van der Waals surface area contributed by atoms with Crippen molar-refractivity contribution in [1.82, 2.24) is 14.9 Å². The van der Waals surface area contributed by atoms with Crippen LogP contribution in [0.4, 0.5) is 0 Å². The summed E-state index contributed by atoms with van der Waals surface area (Å²) in [6.45, 7) is 2.52. The summed E-state index contributed by atoms with van der Waals surface area (Å²) in [4.78, 5) is 22.3. The molecule has 6 nitrogen and oxygen atoms in total. The normalized spacial score (nSPS) is 14.0. The number of amides is 1. The Balaban J connectivity index is 1.35. The van der Waals surface area contributed by atoms with Gasteiger partial charge in [-0.05, 0) is 41.5 Å². The lowest BCUT2D eigenvalue weighted by Gasteiger charge is -2.26. The third-order valence-corrected chi connectivity index (χ3v) is 5.49. The molecule has 1 aliphatic rings. The standard InChI is InChI=1S/C25H23N3O3/c29-24(28-10-12-30-13-11-28)15-20-17-27-25-23(20)14-19(16-26-25)18-6-8-22(9-7-18)31-21-4-2-1-3-5-21/h1-9,14,16-17H,10-13,15H2,(H,26,27). The number of ether oxygens (including phenoxy) is 2. The van der Waals surface area contributed by atoms with Crippen LogP contribution in [0.15, 0.2) is 73.1 Å². The second-order valence-electron chi connectivity index (χ2n) is 7.54. The van der Waals surface area contributed by atoms with Crippen LogP contribution in [0.5, 0.6) is 11.5 Å². The molecular formula is C25H23N3O3. The first-order chi connectivity index (χ1) is 15.3. The highest BCUT2D eigenvalue weighted by Crippen LogP contribution is 2.28. The number of rotatable bonds is 5. The number of carbonyl (C=O) groups excluding carboxylic acids is 1. The van der Waals surface area contributed by atoms with Crippen molar-refractivity contribution in [3.63, 3.8) is 0 Å². The zero-order valence-corrected chi connectivity index (χ0v) is 17.1. The maximum Gasteiger partial charge on any atom is 0.227 e. The van der Waals surface area contributed by atoms with Gasteiger partial charge in [0.2, 0.25) is 5.91 Å². The van der Waals surface area contributed by atoms with Gasteiger partial charge in [0.25, 0.3) is 0 Å². The molecule has 1 aliphatic heterocycles. The Morgan fingerprint density at radius 2 is 1.74 bits per heavy atom. The number of para-hydroxylation sites is 1. The van der Waals surface area contributed by atoms with E-state index in [0.717, 1.165) is 39.2 Å². The summed E-state index contributed by atoms with van der Waals surface area (Å²) in [7, 11) is 0. The zero-order valence-electron chi connectivity index (χ0n) is 17.1. The van der Waals surface area contributed by atoms with E-state index in [1.54, 1.807) is 0 Å². The molecule has 0 radical (unpaired) electrons. The van der Waals surface area contributed by atoms with Crippen LogP contribution in [0.25, 0.3) is 22.2 Å². The van der Waals surface area contributed by atoms with E-state index < -0.39 is 0 Å². The number of aromatic nitrogens is 2. The summed E-state index contributed by atoms with van der Waals surface area (Å²) in [6, 6.07) is 19.7. The second-order valence-corrected chi connectivity index (χ2v) is 7.54. The topological polar surface area (TPSA) is 67.5 Å². The number of H-pyrrole nitrogens is 1. The number of fused-ring (bicyclic) bond motifs is 1. The molecule has 0 unspecified atom stereocenters. The molecule has 156 valence electrons. The molecule has 0 atom stereocenters. The largest absolute Gasteiger partial charge is 0.457 e. The number of pyridine rings is 1. The van der Waals surface area contributed by atoms with E-state index in [4.69, 9.17) is 9.47 Å². The van der Waals surface area contributed by atoms with Crippen molar-refractivity contribution in [2.24, 2.45) is 0 Å². The van der Waals surface area contributed by atoms with Crippen molar-refractivity contribution in [2.75, 3.05) is 26.3 Å². The minimum atomic E-state index is 0.122. The van der Waals surface area contributed by atoms with Crippen molar-refractivity contribution in [3.05, 3.63) is 78.6 Å². The monoisotopic (exact) mass is 413 g/mol. The highest BCUT2D eigenvalue weighted by atomic mass is 16.5. The van der Waals surface area contributed by atoms with Crippen LogP contribution in [0.1, 0.15) is 5.56 Å². The van der Waals surface area contributed by atoms with E-state index in [0.29, 0.717) is 32.7 Å². The Kier molecular flexibility index (Phi) is 5.37. The SMILES string of the molecule is O=C(Cc1c[nH]c2ncc(-c3ccc(Oc4ccccc4)cc3)cc12)N1CCOCC1. The molecule has 5 rings (SSSR count). The molecule has 4 aromatic rings. The smallest absolute Gasteiger partial charge is 0.227 e. The van der Waals surface area contributed by atoms with Gasteiger partial charge in [0.15, 0.2) is 0 Å². The molecule has 0 bridgehead atoms. The maximum absolute atomic E-state index is 12.7. The molecule has 0 aliphatic carbocycles. The van der Waals surface area contributed by atoms with Gasteiger partial charge in [0, 0.05) is 36.4 Å². The Labute approximate surface area is 180 Å². The minimum absolute atomic E-state index is 0.122. The molecule has 2 aromatic carbocycles. The van der Waals surface area contributed by atoms with Crippen LogP contribution in [-0.4, -0.2) is 47.1 Å². The average Bonchev–Trinajstić information content (AvgIpc) is 3.23. The van der Waals surface area contributed by atoms with Crippen LogP contribution < -0.4 is 4.74 Å². The van der Waals surface area contributed by atoms with Crippen LogP contribution in [-0.2, 0) is 16.0 Å². The van der Waals surface area contributed by atoms with Crippen LogP contribution >= 0.6 is 0 Å². The Bertz CT molecular complexity index is 1180. The molecule has 0 spiro atoms. The zero-order chi connectivity index (χ0) is 21.0. The fourth-order valence-corrected chi connectivity index (χ4v) is 3.79. The molecule has 0 saturated carbocycles. The number of hydrogen-bond acceptors (Lipinski definition) is 4. The fourth-order valence-electron chi connectivity index (χ4n) is 3.79. The first-order valence-corrected chi connectivity index (χ1v) is 10.4. The predicted octanol–water partition coefficient (Wildman–Crippen LogP) is 4.42. The van der Waals surface area contributed by atoms with Gasteiger partial charge in [-0.15, -0.1) is 0 Å². The number of carbonyl (C=O) groups is 1. The van der Waals surface area contributed by atoms with E-state index in [1.807, 2.05) is 71.9 Å². The summed E-state index contributed by atoms with van der Waals surface area (Å²) in [5.74, 6) is 1.71. The highest BCUT2D eigenvalue weighted by molar-refractivity contribution is 5.89. The summed E-state index contributed by atoms with van der Waals surface area (Å²) in [5, 5.41) is 0.976. The average molecular weight is 413 g/mol. The number of morpholine rings is 1. The Hall–Kier alpha value is -3.64. The first-order valence-electron chi connectivity index (χ1n) is 10.4. The van der Waals surface area contributed by atoms with Crippen LogP contribution in [0.2, 0.25) is 0 Å². The lowest BCUT2D eigenvalue weighted by atomic mass is 10.0. The lowest BCUT2D eigenvalue weighted by molar-refractivity contribution is -0.134. The van der Waals surface area contributed by atoms with Crippen molar-refractivity contribution < 1.29 is 14.3 Å². The van der Waals surface area contributed by atoms with Gasteiger partial charge in [0.05, 0.1) is 19.6 Å². The predicted molar refractivity (Wildman–Crippen MR) is 119 cm³/mol. The third-order valence-electron chi connectivity index (χ3n) is 5.49. The molecule has 1 fully saturated rings. The maximum atomic E-state index is 12.7. The van der Waals surface area contributed by atoms with Gasteiger partial charge in [-0.1, -0.05) is 30.3 Å². The highest BCUT2D eigenvalue weighted by Gasteiger charge is 2.19. The summed E-state index contributed by atoms with van der Waals surface area (Å²) in [6.07, 6.45) is 4.09. The molecule has 1 saturated heterocycles. The fraction of sp³-hybridized carbons (Fsp3) is 0.200. The molecule has 1 amide bonds. The number of hydrogen-bond donors (Lipinski definition) is 1. The van der Waals surface area contributed by atoms with Gasteiger partial charge < -0.3 is 19.4 Å². The van der Waals surface area contributed by atoms with Gasteiger partial charge in [0.1, 0.15) is 17.1 Å². The van der Waals surface area contributed by atoms with E-state index in [2.05, 4.69) is 16.0 Å². The van der Waals surface area contributed by atoms with Gasteiger partial charge in [-0.25, -0.2) is 4.98 Å². The number of nitrogens with zero attached hydrogens (tertiary/aromatic N) is 2. The van der Waals surface area contributed by atoms with Crippen molar-refractivity contribution in [2.45, 2.75) is 6.42 Å². The van der Waals surface area contributed by atoms with Crippen molar-refractivity contribution >= 4 is 16.9 Å². The van der Waals surface area contributed by atoms with Crippen molar-refractivity contribution in [1.29, 1.82) is 0 Å². The second kappa shape index (κ2) is 8.62. The summed E-state index contributed by atoms with van der Waals surface area (Å²) >= 11 is 0. The summed E-state index contributed by atoms with van der Waals surface area (Å²) in [5.41, 5.74) is 3.79.